The summed E-state index contributed by atoms with van der Waals surface area (Å²) < 4.78 is 11.0. The number of rotatable bonds is 10. The zero-order valence-electron chi connectivity index (χ0n) is 13.0. The van der Waals surface area contributed by atoms with Crippen LogP contribution in [0.5, 0.6) is 0 Å². The monoisotopic (exact) mass is 292 g/mol. The highest BCUT2D eigenvalue weighted by Crippen LogP contribution is 2.13. The molecule has 0 saturated heterocycles. The van der Waals surface area contributed by atoms with Crippen LogP contribution in [0.1, 0.15) is 31.5 Å². The zero-order valence-corrected chi connectivity index (χ0v) is 13.0. The summed E-state index contributed by atoms with van der Waals surface area (Å²) in [7, 11) is 3.63. The van der Waals surface area contributed by atoms with Crippen molar-refractivity contribution >= 4 is 11.8 Å². The van der Waals surface area contributed by atoms with Crippen molar-refractivity contribution in [2.24, 2.45) is 4.99 Å². The smallest absolute Gasteiger partial charge is 0.252 e. The highest BCUT2D eigenvalue weighted by Gasteiger charge is 2.12. The molecule has 1 aromatic heterocycles. The molecule has 21 heavy (non-hydrogen) atoms. The number of nitrogens with one attached hydrogen (secondary N) is 1. The average molecular weight is 292 g/mol. The fourth-order valence-corrected chi connectivity index (χ4v) is 1.72. The molecule has 6 nitrogen and oxygen atoms in total. The van der Waals surface area contributed by atoms with E-state index < -0.39 is 0 Å². The third-order valence-electron chi connectivity index (χ3n) is 2.96. The fourth-order valence-electron chi connectivity index (χ4n) is 1.72. The second kappa shape index (κ2) is 10.0. The third kappa shape index (κ3) is 6.01. The van der Waals surface area contributed by atoms with Crippen LogP contribution in [0.15, 0.2) is 28.2 Å². The Balaban J connectivity index is 2.60. The van der Waals surface area contributed by atoms with E-state index in [1.54, 1.807) is 25.4 Å². The lowest BCUT2D eigenvalue weighted by Crippen LogP contribution is -2.19. The standard InChI is InChI=1S/C15H24N4O2/c1-5-12(7-9-16-3)15-18-14(21-19-15)11-20-13(6-2)8-10-17-4/h5,7,9,13,17H,1,6,8,10-11H2,2-4H3/b12-7+,16-9?. The Labute approximate surface area is 126 Å². The van der Waals surface area contributed by atoms with Gasteiger partial charge >= 0.3 is 0 Å². The summed E-state index contributed by atoms with van der Waals surface area (Å²) in [6.45, 7) is 7.08. The van der Waals surface area contributed by atoms with E-state index in [9.17, 15) is 0 Å². The van der Waals surface area contributed by atoms with Crippen LogP contribution < -0.4 is 5.32 Å². The summed E-state index contributed by atoms with van der Waals surface area (Å²) in [5, 5.41) is 7.04. The molecule has 1 aromatic rings. The molecule has 116 valence electrons. The molecule has 6 heteroatoms. The lowest BCUT2D eigenvalue weighted by molar-refractivity contribution is 0.0193. The molecule has 0 aliphatic carbocycles. The molecule has 1 N–H and O–H groups in total. The van der Waals surface area contributed by atoms with Crippen molar-refractivity contribution in [3.05, 3.63) is 30.4 Å². The topological polar surface area (TPSA) is 72.5 Å². The number of hydrogen-bond acceptors (Lipinski definition) is 6. The fraction of sp³-hybridized carbons (Fsp3) is 0.533. The number of aliphatic imine (C=N–C) groups is 1. The Kier molecular flexibility index (Phi) is 8.23. The summed E-state index contributed by atoms with van der Waals surface area (Å²) in [4.78, 5) is 8.19. The first-order valence-electron chi connectivity index (χ1n) is 7.09. The Bertz CT molecular complexity index is 480. The molecule has 1 heterocycles. The van der Waals surface area contributed by atoms with Gasteiger partial charge in [0.15, 0.2) is 0 Å². The summed E-state index contributed by atoms with van der Waals surface area (Å²) in [5.41, 5.74) is 0.762. The van der Waals surface area contributed by atoms with E-state index in [1.807, 2.05) is 7.05 Å². The maximum absolute atomic E-state index is 5.78. The van der Waals surface area contributed by atoms with E-state index in [2.05, 4.69) is 34.0 Å². The van der Waals surface area contributed by atoms with Gasteiger partial charge in [-0.3, -0.25) is 4.99 Å². The first-order valence-corrected chi connectivity index (χ1v) is 7.09. The van der Waals surface area contributed by atoms with Gasteiger partial charge in [0.25, 0.3) is 5.89 Å². The lowest BCUT2D eigenvalue weighted by atomic mass is 10.2. The molecule has 0 aliphatic rings. The van der Waals surface area contributed by atoms with Gasteiger partial charge in [0.05, 0.1) is 6.10 Å². The van der Waals surface area contributed by atoms with E-state index in [-0.39, 0.29) is 6.10 Å². The highest BCUT2D eigenvalue weighted by atomic mass is 16.5. The molecule has 1 rings (SSSR count). The van der Waals surface area contributed by atoms with Crippen molar-refractivity contribution < 1.29 is 9.26 Å². The van der Waals surface area contributed by atoms with Crippen molar-refractivity contribution in [2.75, 3.05) is 20.6 Å². The highest BCUT2D eigenvalue weighted by molar-refractivity contribution is 5.86. The molecule has 0 aromatic carbocycles. The number of aromatic nitrogens is 2. The van der Waals surface area contributed by atoms with Crippen molar-refractivity contribution in [1.29, 1.82) is 0 Å². The quantitative estimate of drug-likeness (QED) is 0.529. The van der Waals surface area contributed by atoms with Crippen LogP contribution in [0.4, 0.5) is 0 Å². The molecule has 0 bridgehead atoms. The van der Waals surface area contributed by atoms with Crippen molar-refractivity contribution in [3.8, 4) is 0 Å². The van der Waals surface area contributed by atoms with Crippen molar-refractivity contribution in [3.63, 3.8) is 0 Å². The molecular formula is C15H24N4O2. The summed E-state index contributed by atoms with van der Waals surface area (Å²) in [5.74, 6) is 0.959. The van der Waals surface area contributed by atoms with E-state index in [1.165, 1.54) is 0 Å². The first-order chi connectivity index (χ1) is 10.2. The Morgan fingerprint density at radius 1 is 1.57 bits per heavy atom. The van der Waals surface area contributed by atoms with Gasteiger partial charge in [-0.25, -0.2) is 0 Å². The largest absolute Gasteiger partial charge is 0.368 e. The van der Waals surface area contributed by atoms with E-state index in [0.717, 1.165) is 25.0 Å². The van der Waals surface area contributed by atoms with E-state index >= 15 is 0 Å². The Morgan fingerprint density at radius 3 is 3.00 bits per heavy atom. The van der Waals surface area contributed by atoms with Crippen LogP contribution in [-0.2, 0) is 11.3 Å². The van der Waals surface area contributed by atoms with Gasteiger partial charge in [-0.15, -0.1) is 0 Å². The van der Waals surface area contributed by atoms with Gasteiger partial charge in [0, 0.05) is 18.8 Å². The van der Waals surface area contributed by atoms with Crippen LogP contribution in [0, 0.1) is 0 Å². The minimum absolute atomic E-state index is 0.189. The second-order valence-corrected chi connectivity index (χ2v) is 4.48. The van der Waals surface area contributed by atoms with Crippen LogP contribution in [0.3, 0.4) is 0 Å². The van der Waals surface area contributed by atoms with Gasteiger partial charge in [0.1, 0.15) is 6.61 Å². The Hall–Kier alpha value is -1.79. The van der Waals surface area contributed by atoms with Crippen molar-refractivity contribution in [1.82, 2.24) is 15.5 Å². The number of hydrogen-bond donors (Lipinski definition) is 1. The molecule has 0 spiro atoms. The molecule has 0 amide bonds. The molecular weight excluding hydrogens is 268 g/mol. The molecule has 0 radical (unpaired) electrons. The zero-order chi connectivity index (χ0) is 15.5. The SMILES string of the molecule is C=C/C(=C\C=NC)c1noc(COC(CC)CCNC)n1. The van der Waals surface area contributed by atoms with Gasteiger partial charge in [-0.2, -0.15) is 4.98 Å². The maximum Gasteiger partial charge on any atom is 0.252 e. The first kappa shape index (κ1) is 17.3. The molecule has 1 atom stereocenters. The van der Waals surface area contributed by atoms with Gasteiger partial charge in [0.2, 0.25) is 5.82 Å². The average Bonchev–Trinajstić information content (AvgIpc) is 2.97. The van der Waals surface area contributed by atoms with Gasteiger partial charge < -0.3 is 14.6 Å². The summed E-state index contributed by atoms with van der Waals surface area (Å²) >= 11 is 0. The van der Waals surface area contributed by atoms with Crippen LogP contribution in [0.25, 0.3) is 5.57 Å². The normalized spacial score (nSPS) is 13.8. The minimum Gasteiger partial charge on any atom is -0.368 e. The maximum atomic E-state index is 5.78. The Morgan fingerprint density at radius 2 is 2.38 bits per heavy atom. The van der Waals surface area contributed by atoms with Gasteiger partial charge in [-0.05, 0) is 32.5 Å². The second-order valence-electron chi connectivity index (χ2n) is 4.48. The number of ether oxygens (including phenoxy) is 1. The predicted molar refractivity (Wildman–Crippen MR) is 84.3 cm³/mol. The van der Waals surface area contributed by atoms with Crippen molar-refractivity contribution in [2.45, 2.75) is 32.5 Å². The number of nitrogens with zero attached hydrogens (tertiary/aromatic N) is 3. The minimum atomic E-state index is 0.189. The molecule has 1 unspecified atom stereocenters. The molecule has 0 saturated carbocycles. The predicted octanol–water partition coefficient (Wildman–Crippen LogP) is 2.24. The van der Waals surface area contributed by atoms with E-state index in [4.69, 9.17) is 9.26 Å². The molecule has 0 aliphatic heterocycles. The molecule has 0 fully saturated rings. The van der Waals surface area contributed by atoms with Crippen LogP contribution in [0.2, 0.25) is 0 Å². The van der Waals surface area contributed by atoms with Crippen LogP contribution in [-0.4, -0.2) is 43.1 Å². The summed E-state index contributed by atoms with van der Waals surface area (Å²) in [6.07, 6.45) is 7.21. The van der Waals surface area contributed by atoms with E-state index in [0.29, 0.717) is 18.3 Å². The van der Waals surface area contributed by atoms with Crippen LogP contribution >= 0.6 is 0 Å². The third-order valence-corrected chi connectivity index (χ3v) is 2.96. The number of allylic oxidation sites excluding steroid dienone is 3. The lowest BCUT2D eigenvalue weighted by Gasteiger charge is -2.14. The van der Waals surface area contributed by atoms with Gasteiger partial charge in [-0.1, -0.05) is 24.7 Å². The summed E-state index contributed by atoms with van der Waals surface area (Å²) in [6, 6.07) is 0.